The molecule has 0 bridgehead atoms. The third-order valence-corrected chi connectivity index (χ3v) is 4.01. The van der Waals surface area contributed by atoms with E-state index in [0.717, 1.165) is 38.0 Å². The molecule has 1 aromatic rings. The summed E-state index contributed by atoms with van der Waals surface area (Å²) in [6, 6.07) is 1.74. The van der Waals surface area contributed by atoms with Gasteiger partial charge in [0.1, 0.15) is 12.0 Å². The zero-order valence-electron chi connectivity index (χ0n) is 13.5. The number of piperidine rings is 1. The number of likely N-dealkylation sites (tertiary alicyclic amines) is 1. The molecule has 1 fully saturated rings. The first-order chi connectivity index (χ1) is 10.5. The van der Waals surface area contributed by atoms with Crippen LogP contribution in [0.1, 0.15) is 42.9 Å². The molecule has 0 spiro atoms. The van der Waals surface area contributed by atoms with Crippen LogP contribution in [0.25, 0.3) is 0 Å². The van der Waals surface area contributed by atoms with Crippen LogP contribution in [0.15, 0.2) is 12.4 Å². The molecule has 0 aliphatic carbocycles. The average Bonchev–Trinajstić information content (AvgIpc) is 2.53. The third kappa shape index (κ3) is 4.02. The first kappa shape index (κ1) is 16.4. The summed E-state index contributed by atoms with van der Waals surface area (Å²) in [5.41, 5.74) is 1.25. The van der Waals surface area contributed by atoms with Crippen molar-refractivity contribution in [1.29, 1.82) is 0 Å². The fraction of sp³-hybridized carbons (Fsp3) is 0.625. The summed E-state index contributed by atoms with van der Waals surface area (Å²) in [6.07, 6.45) is 4.31. The van der Waals surface area contributed by atoms with Crippen LogP contribution in [0.5, 0.6) is 0 Å². The molecule has 0 unspecified atom stereocenters. The van der Waals surface area contributed by atoms with Crippen molar-refractivity contribution in [3.63, 3.8) is 0 Å². The Morgan fingerprint density at radius 3 is 2.86 bits per heavy atom. The van der Waals surface area contributed by atoms with Crippen molar-refractivity contribution in [2.45, 2.75) is 33.1 Å². The van der Waals surface area contributed by atoms with Gasteiger partial charge in [-0.25, -0.2) is 9.97 Å². The predicted octanol–water partition coefficient (Wildman–Crippen LogP) is 1.27. The van der Waals surface area contributed by atoms with Gasteiger partial charge in [0.2, 0.25) is 5.91 Å². The van der Waals surface area contributed by atoms with E-state index in [2.05, 4.69) is 15.3 Å². The molecule has 1 aliphatic rings. The Hall–Kier alpha value is -1.98. The summed E-state index contributed by atoms with van der Waals surface area (Å²) in [7, 11) is 1.58. The summed E-state index contributed by atoms with van der Waals surface area (Å²) in [6.45, 7) is 5.50. The number of hydrogen-bond acceptors (Lipinski definition) is 4. The van der Waals surface area contributed by atoms with Gasteiger partial charge in [-0.05, 0) is 31.2 Å². The minimum Gasteiger partial charge on any atom is -0.354 e. The van der Waals surface area contributed by atoms with E-state index in [1.165, 1.54) is 6.33 Å². The normalized spacial score (nSPS) is 18.4. The summed E-state index contributed by atoms with van der Waals surface area (Å²) in [5.74, 6) is 0.448. The van der Waals surface area contributed by atoms with Crippen molar-refractivity contribution >= 4 is 11.8 Å². The fourth-order valence-corrected chi connectivity index (χ4v) is 2.85. The van der Waals surface area contributed by atoms with E-state index in [4.69, 9.17) is 0 Å². The molecule has 1 aliphatic heterocycles. The minimum atomic E-state index is -0.205. The van der Waals surface area contributed by atoms with Crippen LogP contribution in [-0.4, -0.2) is 46.8 Å². The number of hydrogen-bond donors (Lipinski definition) is 1. The van der Waals surface area contributed by atoms with Gasteiger partial charge in [-0.2, -0.15) is 0 Å². The Morgan fingerprint density at radius 1 is 1.41 bits per heavy atom. The van der Waals surface area contributed by atoms with Gasteiger partial charge < -0.3 is 10.2 Å². The first-order valence-corrected chi connectivity index (χ1v) is 7.83. The molecular formula is C16H24N4O2. The molecule has 2 rings (SSSR count). The molecule has 1 atom stereocenters. The Balaban J connectivity index is 2.01. The van der Waals surface area contributed by atoms with Crippen molar-refractivity contribution in [2.24, 2.45) is 11.8 Å². The van der Waals surface area contributed by atoms with Gasteiger partial charge in [-0.1, -0.05) is 13.8 Å². The Kier molecular flexibility index (Phi) is 5.46. The van der Waals surface area contributed by atoms with Crippen molar-refractivity contribution in [2.75, 3.05) is 20.1 Å². The number of carbonyl (C=O) groups excluding carboxylic acids is 2. The maximum atomic E-state index is 12.1. The van der Waals surface area contributed by atoms with Crippen molar-refractivity contribution in [3.05, 3.63) is 23.8 Å². The number of aromatic nitrogens is 2. The number of nitrogens with zero attached hydrogens (tertiary/aromatic N) is 3. The maximum absolute atomic E-state index is 12.1. The molecule has 0 saturated carbocycles. The summed E-state index contributed by atoms with van der Waals surface area (Å²) >= 11 is 0. The van der Waals surface area contributed by atoms with Crippen molar-refractivity contribution in [1.82, 2.24) is 20.2 Å². The molecule has 1 N–H and O–H groups in total. The van der Waals surface area contributed by atoms with E-state index in [0.29, 0.717) is 11.6 Å². The number of carbonyl (C=O) groups is 2. The number of amides is 2. The van der Waals surface area contributed by atoms with Crippen LogP contribution in [0, 0.1) is 11.8 Å². The lowest BCUT2D eigenvalue weighted by Gasteiger charge is -2.33. The van der Waals surface area contributed by atoms with E-state index < -0.39 is 0 Å². The lowest BCUT2D eigenvalue weighted by atomic mass is 9.92. The van der Waals surface area contributed by atoms with Gasteiger partial charge in [0, 0.05) is 31.7 Å². The van der Waals surface area contributed by atoms with E-state index >= 15 is 0 Å². The van der Waals surface area contributed by atoms with Crippen molar-refractivity contribution < 1.29 is 9.59 Å². The van der Waals surface area contributed by atoms with Gasteiger partial charge in [0.05, 0.1) is 0 Å². The zero-order chi connectivity index (χ0) is 16.1. The topological polar surface area (TPSA) is 75.2 Å². The van der Waals surface area contributed by atoms with Crippen LogP contribution in [0.2, 0.25) is 0 Å². The van der Waals surface area contributed by atoms with Crippen LogP contribution >= 0.6 is 0 Å². The molecule has 2 heterocycles. The molecule has 120 valence electrons. The van der Waals surface area contributed by atoms with Gasteiger partial charge in [-0.3, -0.25) is 9.59 Å². The molecule has 22 heavy (non-hydrogen) atoms. The molecular weight excluding hydrogens is 280 g/mol. The average molecular weight is 304 g/mol. The number of nitrogens with one attached hydrogen (secondary N) is 1. The monoisotopic (exact) mass is 304 g/mol. The second kappa shape index (κ2) is 7.33. The highest BCUT2D eigenvalue weighted by Gasteiger charge is 2.25. The summed E-state index contributed by atoms with van der Waals surface area (Å²) < 4.78 is 0. The highest BCUT2D eigenvalue weighted by molar-refractivity contribution is 5.91. The maximum Gasteiger partial charge on any atom is 0.269 e. The van der Waals surface area contributed by atoms with Crippen LogP contribution in [0.3, 0.4) is 0 Å². The van der Waals surface area contributed by atoms with Crippen LogP contribution in [-0.2, 0) is 11.2 Å². The van der Waals surface area contributed by atoms with Gasteiger partial charge in [0.15, 0.2) is 0 Å². The molecule has 0 radical (unpaired) electrons. The fourth-order valence-electron chi connectivity index (χ4n) is 2.85. The zero-order valence-corrected chi connectivity index (χ0v) is 13.5. The lowest BCUT2D eigenvalue weighted by molar-refractivity contribution is -0.136. The molecule has 6 heteroatoms. The predicted molar refractivity (Wildman–Crippen MR) is 83.3 cm³/mol. The minimum absolute atomic E-state index is 0.0395. The smallest absolute Gasteiger partial charge is 0.269 e. The lowest BCUT2D eigenvalue weighted by Crippen LogP contribution is -2.42. The van der Waals surface area contributed by atoms with E-state index in [1.54, 1.807) is 13.1 Å². The van der Waals surface area contributed by atoms with E-state index in [-0.39, 0.29) is 17.7 Å². The quantitative estimate of drug-likeness (QED) is 0.909. The van der Waals surface area contributed by atoms with Gasteiger partial charge >= 0.3 is 0 Å². The third-order valence-electron chi connectivity index (χ3n) is 4.01. The van der Waals surface area contributed by atoms with Crippen molar-refractivity contribution in [3.8, 4) is 0 Å². The molecule has 1 saturated heterocycles. The highest BCUT2D eigenvalue weighted by Crippen LogP contribution is 2.21. The van der Waals surface area contributed by atoms with Crippen LogP contribution < -0.4 is 5.32 Å². The molecule has 2 amide bonds. The molecule has 1 aromatic heterocycles. The largest absolute Gasteiger partial charge is 0.354 e. The van der Waals surface area contributed by atoms with Gasteiger partial charge in [-0.15, -0.1) is 0 Å². The SMILES string of the molecule is CNC(=O)c1cc(C[C@@H]2CCCN(C(=O)C(C)C)C2)ncn1. The van der Waals surface area contributed by atoms with E-state index in [9.17, 15) is 9.59 Å². The van der Waals surface area contributed by atoms with Gasteiger partial charge in [0.25, 0.3) is 5.91 Å². The summed E-state index contributed by atoms with van der Waals surface area (Å²) in [5, 5.41) is 2.56. The Bertz CT molecular complexity index is 545. The standard InChI is InChI=1S/C16H24N4O2/c1-11(2)16(22)20-6-4-5-12(9-20)7-13-8-14(15(21)17-3)19-10-18-13/h8,10-12H,4-7,9H2,1-3H3,(H,17,21)/t12-/m0/s1. The summed E-state index contributed by atoms with van der Waals surface area (Å²) in [4.78, 5) is 33.9. The second-order valence-electron chi connectivity index (χ2n) is 6.13. The first-order valence-electron chi connectivity index (χ1n) is 7.83. The molecule has 0 aromatic carbocycles. The second-order valence-corrected chi connectivity index (χ2v) is 6.13. The Labute approximate surface area is 131 Å². The Morgan fingerprint density at radius 2 is 2.18 bits per heavy atom. The van der Waals surface area contributed by atoms with E-state index in [1.807, 2.05) is 18.7 Å². The highest BCUT2D eigenvalue weighted by atomic mass is 16.2. The molecule has 6 nitrogen and oxygen atoms in total. The number of rotatable bonds is 4. The van der Waals surface area contributed by atoms with Crippen LogP contribution in [0.4, 0.5) is 0 Å².